The fraction of sp³-hybridized carbons (Fsp3) is 0.250. The Morgan fingerprint density at radius 3 is 2.58 bits per heavy atom. The summed E-state index contributed by atoms with van der Waals surface area (Å²) >= 11 is 0. The molecule has 0 saturated heterocycles. The molecule has 0 atom stereocenters. The lowest BCUT2D eigenvalue weighted by Crippen LogP contribution is -1.89. The molecule has 4 nitrogen and oxygen atoms in total. The van der Waals surface area contributed by atoms with E-state index in [9.17, 15) is 5.11 Å². The van der Waals surface area contributed by atoms with E-state index < -0.39 is 0 Å². The maximum Gasteiger partial charge on any atom is 0.162 e. The number of hydrogen-bond acceptors (Lipinski definition) is 3. The van der Waals surface area contributed by atoms with E-state index >= 15 is 0 Å². The van der Waals surface area contributed by atoms with Crippen LogP contribution in [0, 0.1) is 0 Å². The molecule has 65 valence electrons. The largest absolute Gasteiger partial charge is 0.504 e. The minimum atomic E-state index is -0.253. The van der Waals surface area contributed by atoms with Crippen molar-refractivity contribution in [2.24, 2.45) is 0 Å². The zero-order valence-corrected chi connectivity index (χ0v) is 6.66. The van der Waals surface area contributed by atoms with Crippen molar-refractivity contribution in [2.75, 3.05) is 7.11 Å². The number of phenols is 2. The molecule has 0 bridgehead atoms. The SMILES string of the molecule is COc1cc(O)c(O)c(C[NH])c1. The molecule has 3 N–H and O–H groups in total. The molecule has 0 heterocycles. The maximum atomic E-state index is 9.19. The lowest BCUT2D eigenvalue weighted by Gasteiger charge is -2.06. The van der Waals surface area contributed by atoms with Gasteiger partial charge in [0.05, 0.1) is 7.11 Å². The van der Waals surface area contributed by atoms with Crippen LogP contribution in [0.2, 0.25) is 0 Å². The number of methoxy groups -OCH3 is 1. The van der Waals surface area contributed by atoms with Gasteiger partial charge in [-0.25, -0.2) is 0 Å². The van der Waals surface area contributed by atoms with Gasteiger partial charge in [0.2, 0.25) is 0 Å². The Hall–Kier alpha value is -1.42. The molecule has 4 heteroatoms. The number of ether oxygens (including phenoxy) is 1. The van der Waals surface area contributed by atoms with E-state index in [1.54, 1.807) is 0 Å². The fourth-order valence-corrected chi connectivity index (χ4v) is 0.902. The van der Waals surface area contributed by atoms with E-state index in [0.717, 1.165) is 0 Å². The smallest absolute Gasteiger partial charge is 0.162 e. The Balaban J connectivity index is 3.19. The van der Waals surface area contributed by atoms with Gasteiger partial charge in [0.15, 0.2) is 11.5 Å². The molecule has 0 saturated carbocycles. The minimum Gasteiger partial charge on any atom is -0.504 e. The van der Waals surface area contributed by atoms with Crippen LogP contribution < -0.4 is 10.5 Å². The first-order valence-corrected chi connectivity index (χ1v) is 3.42. The van der Waals surface area contributed by atoms with Crippen molar-refractivity contribution >= 4 is 0 Å². The predicted molar refractivity (Wildman–Crippen MR) is 43.1 cm³/mol. The summed E-state index contributed by atoms with van der Waals surface area (Å²) in [6.07, 6.45) is 0. The van der Waals surface area contributed by atoms with E-state index in [4.69, 9.17) is 15.6 Å². The first kappa shape index (κ1) is 8.67. The third kappa shape index (κ3) is 1.43. The normalized spacial score (nSPS) is 9.83. The zero-order chi connectivity index (χ0) is 9.14. The zero-order valence-electron chi connectivity index (χ0n) is 6.66. The number of nitrogens with one attached hydrogen (secondary N) is 1. The van der Waals surface area contributed by atoms with Crippen LogP contribution in [0.4, 0.5) is 0 Å². The van der Waals surface area contributed by atoms with Gasteiger partial charge >= 0.3 is 0 Å². The van der Waals surface area contributed by atoms with Crippen LogP contribution in [-0.2, 0) is 6.54 Å². The number of aromatic hydroxyl groups is 2. The van der Waals surface area contributed by atoms with Crippen LogP contribution in [0.5, 0.6) is 17.2 Å². The van der Waals surface area contributed by atoms with Gasteiger partial charge < -0.3 is 14.9 Å². The van der Waals surface area contributed by atoms with Crippen LogP contribution in [0.1, 0.15) is 5.56 Å². The molecule has 1 radical (unpaired) electrons. The Labute approximate surface area is 70.2 Å². The Morgan fingerprint density at radius 2 is 2.08 bits per heavy atom. The van der Waals surface area contributed by atoms with Crippen molar-refractivity contribution in [3.8, 4) is 17.2 Å². The highest BCUT2D eigenvalue weighted by molar-refractivity contribution is 5.49. The second-order valence-electron chi connectivity index (χ2n) is 2.33. The molecular weight excluding hydrogens is 158 g/mol. The van der Waals surface area contributed by atoms with Crippen molar-refractivity contribution in [3.05, 3.63) is 17.7 Å². The van der Waals surface area contributed by atoms with Gasteiger partial charge in [-0.2, -0.15) is 0 Å². The topological polar surface area (TPSA) is 73.5 Å². The summed E-state index contributed by atoms with van der Waals surface area (Å²) in [6, 6.07) is 2.82. The van der Waals surface area contributed by atoms with Gasteiger partial charge in [-0.05, 0) is 6.07 Å². The lowest BCUT2D eigenvalue weighted by atomic mass is 10.2. The third-order valence-electron chi connectivity index (χ3n) is 1.57. The van der Waals surface area contributed by atoms with Crippen LogP contribution in [-0.4, -0.2) is 17.3 Å². The second kappa shape index (κ2) is 3.32. The molecule has 1 aromatic rings. The Bertz CT molecular complexity index is 286. The molecular formula is C8H10NO3. The van der Waals surface area contributed by atoms with Gasteiger partial charge in [0.25, 0.3) is 0 Å². The minimum absolute atomic E-state index is 0.0867. The van der Waals surface area contributed by atoms with Gasteiger partial charge in [-0.3, -0.25) is 5.73 Å². The van der Waals surface area contributed by atoms with Crippen LogP contribution in [0.3, 0.4) is 0 Å². The Kier molecular flexibility index (Phi) is 2.40. The highest BCUT2D eigenvalue weighted by Gasteiger charge is 2.07. The van der Waals surface area contributed by atoms with Crippen molar-refractivity contribution in [1.29, 1.82) is 0 Å². The van der Waals surface area contributed by atoms with Gasteiger partial charge in [-0.15, -0.1) is 0 Å². The molecule has 0 unspecified atom stereocenters. The van der Waals surface area contributed by atoms with Gasteiger partial charge in [0.1, 0.15) is 5.75 Å². The molecule has 12 heavy (non-hydrogen) atoms. The van der Waals surface area contributed by atoms with E-state index in [2.05, 4.69) is 0 Å². The second-order valence-corrected chi connectivity index (χ2v) is 2.33. The van der Waals surface area contributed by atoms with Crippen molar-refractivity contribution in [2.45, 2.75) is 6.54 Å². The standard InChI is InChI=1S/C8H10NO3/c1-12-6-2-5(4-9)8(11)7(10)3-6/h2-3,9-11H,4H2,1H3. The first-order chi connectivity index (χ1) is 5.69. The molecule has 0 aliphatic carbocycles. The van der Waals surface area contributed by atoms with Crippen LogP contribution in [0.15, 0.2) is 12.1 Å². The van der Waals surface area contributed by atoms with Crippen molar-refractivity contribution in [1.82, 2.24) is 5.73 Å². The summed E-state index contributed by atoms with van der Waals surface area (Å²) in [6.45, 7) is -0.0867. The number of rotatable bonds is 2. The highest BCUT2D eigenvalue weighted by Crippen LogP contribution is 2.33. The number of hydrogen-bond donors (Lipinski definition) is 2. The summed E-state index contributed by atoms with van der Waals surface area (Å²) in [4.78, 5) is 0. The van der Waals surface area contributed by atoms with Gasteiger partial charge in [0, 0.05) is 18.2 Å². The van der Waals surface area contributed by atoms with E-state index in [1.165, 1.54) is 19.2 Å². The number of phenolic OH excluding ortho intramolecular Hbond substituents is 2. The summed E-state index contributed by atoms with van der Waals surface area (Å²) in [5.41, 5.74) is 7.38. The first-order valence-electron chi connectivity index (χ1n) is 3.42. The van der Waals surface area contributed by atoms with Gasteiger partial charge in [-0.1, -0.05) is 0 Å². The number of benzene rings is 1. The lowest BCUT2D eigenvalue weighted by molar-refractivity contribution is 0.382. The summed E-state index contributed by atoms with van der Waals surface area (Å²) in [7, 11) is 1.46. The Morgan fingerprint density at radius 1 is 1.42 bits per heavy atom. The van der Waals surface area contributed by atoms with Crippen LogP contribution >= 0.6 is 0 Å². The predicted octanol–water partition coefficient (Wildman–Crippen LogP) is 0.889. The van der Waals surface area contributed by atoms with E-state index in [1.807, 2.05) is 0 Å². The quantitative estimate of drug-likeness (QED) is 0.644. The summed E-state index contributed by atoms with van der Waals surface area (Å²) < 4.78 is 4.84. The molecule has 0 aromatic heterocycles. The monoisotopic (exact) mass is 168 g/mol. The molecule has 0 aliphatic rings. The van der Waals surface area contributed by atoms with E-state index in [0.29, 0.717) is 11.3 Å². The van der Waals surface area contributed by atoms with E-state index in [-0.39, 0.29) is 18.0 Å². The van der Waals surface area contributed by atoms with Crippen molar-refractivity contribution in [3.63, 3.8) is 0 Å². The molecule has 0 aliphatic heterocycles. The highest BCUT2D eigenvalue weighted by atomic mass is 16.5. The average Bonchev–Trinajstić information content (AvgIpc) is 2.09. The van der Waals surface area contributed by atoms with Crippen LogP contribution in [0.25, 0.3) is 0 Å². The molecule has 0 amide bonds. The van der Waals surface area contributed by atoms with Crippen molar-refractivity contribution < 1.29 is 14.9 Å². The molecule has 1 aromatic carbocycles. The molecule has 1 rings (SSSR count). The molecule has 0 fully saturated rings. The summed E-state index contributed by atoms with van der Waals surface area (Å²) in [5.74, 6) is -0.0602. The summed E-state index contributed by atoms with van der Waals surface area (Å²) in [5, 5.41) is 18.3. The average molecular weight is 168 g/mol. The molecule has 0 spiro atoms. The maximum absolute atomic E-state index is 9.19. The fourth-order valence-electron chi connectivity index (χ4n) is 0.902. The third-order valence-corrected chi connectivity index (χ3v) is 1.57.